The Balaban J connectivity index is 1.85. The normalized spacial score (nSPS) is 10.4. The Bertz CT molecular complexity index is 662. The molecule has 7 heteroatoms. The highest BCUT2D eigenvalue weighted by atomic mass is 35.5. The molecule has 0 bridgehead atoms. The van der Waals surface area contributed by atoms with Crippen molar-refractivity contribution in [2.45, 2.75) is 19.8 Å². The molecule has 2 N–H and O–H groups in total. The van der Waals surface area contributed by atoms with Crippen LogP contribution in [0.15, 0.2) is 30.3 Å². The van der Waals surface area contributed by atoms with Crippen molar-refractivity contribution in [1.82, 2.24) is 15.5 Å². The maximum absolute atomic E-state index is 11.7. The summed E-state index contributed by atoms with van der Waals surface area (Å²) in [5.74, 6) is 0.404. The van der Waals surface area contributed by atoms with Crippen molar-refractivity contribution in [3.8, 4) is 0 Å². The number of carbonyl (C=O) groups excluding carboxylic acids is 1. The SMILES string of the molecule is CCCNC(=O)c1ccc(NCCc2ccc(Cl)cc2Cl)nn1. The van der Waals surface area contributed by atoms with Crippen molar-refractivity contribution >= 4 is 34.9 Å². The summed E-state index contributed by atoms with van der Waals surface area (Å²) in [6, 6.07) is 8.82. The topological polar surface area (TPSA) is 66.9 Å². The van der Waals surface area contributed by atoms with Crippen molar-refractivity contribution in [2.75, 3.05) is 18.4 Å². The number of hydrogen-bond acceptors (Lipinski definition) is 4. The first-order chi connectivity index (χ1) is 11.1. The average molecular weight is 353 g/mol. The van der Waals surface area contributed by atoms with Gasteiger partial charge in [-0.1, -0.05) is 36.2 Å². The highest BCUT2D eigenvalue weighted by Gasteiger charge is 2.07. The fraction of sp³-hybridized carbons (Fsp3) is 0.312. The van der Waals surface area contributed by atoms with Crippen LogP contribution >= 0.6 is 23.2 Å². The molecule has 5 nitrogen and oxygen atoms in total. The third-order valence-electron chi connectivity index (χ3n) is 3.15. The van der Waals surface area contributed by atoms with E-state index >= 15 is 0 Å². The summed E-state index contributed by atoms with van der Waals surface area (Å²) in [4.78, 5) is 11.7. The highest BCUT2D eigenvalue weighted by molar-refractivity contribution is 6.35. The smallest absolute Gasteiger partial charge is 0.271 e. The maximum atomic E-state index is 11.7. The van der Waals surface area contributed by atoms with E-state index in [2.05, 4.69) is 20.8 Å². The van der Waals surface area contributed by atoms with Gasteiger partial charge in [0.25, 0.3) is 5.91 Å². The summed E-state index contributed by atoms with van der Waals surface area (Å²) < 4.78 is 0. The van der Waals surface area contributed by atoms with Crippen molar-refractivity contribution < 1.29 is 4.79 Å². The zero-order valence-corrected chi connectivity index (χ0v) is 14.3. The van der Waals surface area contributed by atoms with Gasteiger partial charge in [0.15, 0.2) is 5.69 Å². The molecule has 1 amide bonds. The predicted octanol–water partition coefficient (Wildman–Crippen LogP) is 3.58. The first-order valence-corrected chi connectivity index (χ1v) is 8.15. The minimum Gasteiger partial charge on any atom is -0.368 e. The van der Waals surface area contributed by atoms with Crippen LogP contribution in [0.2, 0.25) is 10.0 Å². The Labute approximate surface area is 145 Å². The lowest BCUT2D eigenvalue weighted by atomic mass is 10.1. The predicted molar refractivity (Wildman–Crippen MR) is 93.3 cm³/mol. The molecule has 122 valence electrons. The largest absolute Gasteiger partial charge is 0.368 e. The van der Waals surface area contributed by atoms with Crippen LogP contribution in [0.4, 0.5) is 5.82 Å². The average Bonchev–Trinajstić information content (AvgIpc) is 2.55. The molecule has 0 saturated heterocycles. The van der Waals surface area contributed by atoms with Crippen molar-refractivity contribution in [1.29, 1.82) is 0 Å². The van der Waals surface area contributed by atoms with Crippen molar-refractivity contribution in [3.63, 3.8) is 0 Å². The number of halogens is 2. The van der Waals surface area contributed by atoms with Gasteiger partial charge in [-0.15, -0.1) is 10.2 Å². The van der Waals surface area contributed by atoms with Gasteiger partial charge in [0.2, 0.25) is 0 Å². The van der Waals surface area contributed by atoms with E-state index in [0.29, 0.717) is 34.6 Å². The molecular formula is C16H18Cl2N4O. The molecule has 0 aliphatic carbocycles. The lowest BCUT2D eigenvalue weighted by Gasteiger charge is -2.07. The van der Waals surface area contributed by atoms with Gasteiger partial charge in [0.1, 0.15) is 5.82 Å². The van der Waals surface area contributed by atoms with E-state index in [1.807, 2.05) is 19.1 Å². The number of rotatable bonds is 7. The Morgan fingerprint density at radius 2 is 1.96 bits per heavy atom. The van der Waals surface area contributed by atoms with Gasteiger partial charge in [-0.3, -0.25) is 4.79 Å². The lowest BCUT2D eigenvalue weighted by molar-refractivity contribution is 0.0947. The first-order valence-electron chi connectivity index (χ1n) is 7.40. The standard InChI is InChI=1S/C16H18Cl2N4O/c1-2-8-20-16(23)14-5-6-15(22-21-14)19-9-7-11-3-4-12(17)10-13(11)18/h3-6,10H,2,7-9H2,1H3,(H,19,22)(H,20,23). The van der Waals surface area contributed by atoms with E-state index in [1.54, 1.807) is 18.2 Å². The van der Waals surface area contributed by atoms with Crippen LogP contribution in [0.25, 0.3) is 0 Å². The number of hydrogen-bond donors (Lipinski definition) is 2. The molecule has 1 aromatic heterocycles. The van der Waals surface area contributed by atoms with Crippen LogP contribution in [0.3, 0.4) is 0 Å². The number of carbonyl (C=O) groups is 1. The molecular weight excluding hydrogens is 335 g/mol. The number of anilines is 1. The zero-order valence-electron chi connectivity index (χ0n) is 12.8. The quantitative estimate of drug-likeness (QED) is 0.799. The van der Waals surface area contributed by atoms with Gasteiger partial charge < -0.3 is 10.6 Å². The molecule has 2 rings (SSSR count). The third kappa shape index (κ3) is 5.37. The van der Waals surface area contributed by atoms with Gasteiger partial charge in [-0.25, -0.2) is 0 Å². The monoisotopic (exact) mass is 352 g/mol. The van der Waals surface area contributed by atoms with E-state index in [4.69, 9.17) is 23.2 Å². The van der Waals surface area contributed by atoms with E-state index in [-0.39, 0.29) is 5.91 Å². The van der Waals surface area contributed by atoms with Gasteiger partial charge in [0.05, 0.1) is 0 Å². The van der Waals surface area contributed by atoms with E-state index in [0.717, 1.165) is 18.4 Å². The molecule has 0 radical (unpaired) electrons. The summed E-state index contributed by atoms with van der Waals surface area (Å²) in [5.41, 5.74) is 1.32. The highest BCUT2D eigenvalue weighted by Crippen LogP contribution is 2.21. The molecule has 0 spiro atoms. The van der Waals surface area contributed by atoms with E-state index in [1.165, 1.54) is 0 Å². The van der Waals surface area contributed by atoms with Crippen molar-refractivity contribution in [3.05, 3.63) is 51.6 Å². The van der Waals surface area contributed by atoms with Gasteiger partial charge in [-0.2, -0.15) is 0 Å². The molecule has 0 saturated carbocycles. The van der Waals surface area contributed by atoms with E-state index in [9.17, 15) is 4.79 Å². The fourth-order valence-electron chi connectivity index (χ4n) is 1.93. The van der Waals surface area contributed by atoms with Crippen LogP contribution < -0.4 is 10.6 Å². The van der Waals surface area contributed by atoms with E-state index < -0.39 is 0 Å². The van der Waals surface area contributed by atoms with Crippen LogP contribution in [-0.2, 0) is 6.42 Å². The van der Waals surface area contributed by atoms with Gasteiger partial charge in [0, 0.05) is 23.1 Å². The van der Waals surface area contributed by atoms with Crippen LogP contribution in [0, 0.1) is 0 Å². The second-order valence-corrected chi connectivity index (χ2v) is 5.82. The second-order valence-electron chi connectivity index (χ2n) is 4.97. The van der Waals surface area contributed by atoms with Crippen LogP contribution in [0.5, 0.6) is 0 Å². The number of nitrogens with zero attached hydrogens (tertiary/aromatic N) is 2. The summed E-state index contributed by atoms with van der Waals surface area (Å²) in [6.45, 7) is 3.27. The minimum atomic E-state index is -0.209. The summed E-state index contributed by atoms with van der Waals surface area (Å²) in [7, 11) is 0. The Hall–Kier alpha value is -1.85. The molecule has 23 heavy (non-hydrogen) atoms. The molecule has 0 aliphatic rings. The molecule has 2 aromatic rings. The molecule has 0 aliphatic heterocycles. The Morgan fingerprint density at radius 3 is 2.61 bits per heavy atom. The van der Waals surface area contributed by atoms with Crippen LogP contribution in [-0.4, -0.2) is 29.2 Å². The minimum absolute atomic E-state index is 0.209. The number of aromatic nitrogens is 2. The first kappa shape index (κ1) is 17.5. The Morgan fingerprint density at radius 1 is 1.13 bits per heavy atom. The van der Waals surface area contributed by atoms with Crippen LogP contribution in [0.1, 0.15) is 29.4 Å². The lowest BCUT2D eigenvalue weighted by Crippen LogP contribution is -2.25. The number of nitrogens with one attached hydrogen (secondary N) is 2. The number of benzene rings is 1. The maximum Gasteiger partial charge on any atom is 0.271 e. The Kier molecular flexibility index (Phi) is 6.62. The van der Waals surface area contributed by atoms with Gasteiger partial charge >= 0.3 is 0 Å². The zero-order chi connectivity index (χ0) is 16.7. The summed E-state index contributed by atoms with van der Waals surface area (Å²) in [5, 5.41) is 15.1. The molecule has 0 unspecified atom stereocenters. The summed E-state index contributed by atoms with van der Waals surface area (Å²) >= 11 is 12.0. The second kappa shape index (κ2) is 8.70. The molecule has 0 atom stereocenters. The summed E-state index contributed by atoms with van der Waals surface area (Å²) in [6.07, 6.45) is 1.61. The van der Waals surface area contributed by atoms with Crippen molar-refractivity contribution in [2.24, 2.45) is 0 Å². The van der Waals surface area contributed by atoms with Gasteiger partial charge in [-0.05, 0) is 42.7 Å². The third-order valence-corrected chi connectivity index (χ3v) is 3.74. The molecule has 0 fully saturated rings. The molecule has 1 heterocycles. The number of amides is 1. The molecule has 1 aromatic carbocycles. The fourth-order valence-corrected chi connectivity index (χ4v) is 2.43.